The van der Waals surface area contributed by atoms with Crippen molar-refractivity contribution >= 4 is 22.6 Å². The van der Waals surface area contributed by atoms with Crippen molar-refractivity contribution in [2.45, 2.75) is 12.8 Å². The van der Waals surface area contributed by atoms with Crippen LogP contribution >= 0.6 is 0 Å². The molecule has 19 heavy (non-hydrogen) atoms. The molecule has 0 fully saturated rings. The second-order valence-corrected chi connectivity index (χ2v) is 5.02. The molecular weight excluding hydrogens is 260 g/mol. The first kappa shape index (κ1) is 13.6. The Labute approximate surface area is 115 Å². The molecule has 0 aromatic heterocycles. The van der Waals surface area contributed by atoms with Crippen LogP contribution in [-0.4, -0.2) is 8.76 Å². The zero-order valence-electron chi connectivity index (χ0n) is 10.5. The van der Waals surface area contributed by atoms with Gasteiger partial charge in [0.15, 0.2) is 0 Å². The SMILES string of the molecule is CC(c1ccc(N)cc1)c1ccc(NS(=O)[O-])cc1. The van der Waals surface area contributed by atoms with Gasteiger partial charge in [0.25, 0.3) is 0 Å². The Bertz CT molecular complexity index is 567. The lowest BCUT2D eigenvalue weighted by Crippen LogP contribution is -2.02. The normalized spacial score (nSPS) is 13.8. The molecule has 0 amide bonds. The Balaban J connectivity index is 2.17. The first-order valence-electron chi connectivity index (χ1n) is 5.87. The number of anilines is 2. The quantitative estimate of drug-likeness (QED) is 0.665. The third-order valence-electron chi connectivity index (χ3n) is 3.05. The average Bonchev–Trinajstić information content (AvgIpc) is 2.39. The summed E-state index contributed by atoms with van der Waals surface area (Å²) in [5.41, 5.74) is 9.25. The van der Waals surface area contributed by atoms with E-state index in [1.165, 1.54) is 5.56 Å². The Morgan fingerprint density at radius 2 is 1.53 bits per heavy atom. The van der Waals surface area contributed by atoms with Gasteiger partial charge in [-0.05, 0) is 35.4 Å². The predicted molar refractivity (Wildman–Crippen MR) is 77.4 cm³/mol. The molecule has 2 aromatic carbocycles. The highest BCUT2D eigenvalue weighted by Gasteiger charge is 2.07. The number of nitrogen functional groups attached to an aromatic ring is 1. The molecule has 100 valence electrons. The molecule has 0 aliphatic carbocycles. The van der Waals surface area contributed by atoms with Crippen molar-refractivity contribution in [2.24, 2.45) is 0 Å². The van der Waals surface area contributed by atoms with Crippen LogP contribution < -0.4 is 10.5 Å². The van der Waals surface area contributed by atoms with Gasteiger partial charge in [-0.1, -0.05) is 31.2 Å². The molecule has 2 rings (SSSR count). The Kier molecular flexibility index (Phi) is 4.19. The van der Waals surface area contributed by atoms with Crippen LogP contribution in [0.1, 0.15) is 24.0 Å². The summed E-state index contributed by atoms with van der Waals surface area (Å²) in [6, 6.07) is 15.1. The van der Waals surface area contributed by atoms with E-state index < -0.39 is 11.3 Å². The maximum Gasteiger partial charge on any atom is 0.0452 e. The second kappa shape index (κ2) is 5.86. The molecule has 3 N–H and O–H groups in total. The smallest absolute Gasteiger partial charge is 0.0452 e. The van der Waals surface area contributed by atoms with E-state index in [0.717, 1.165) is 11.3 Å². The zero-order chi connectivity index (χ0) is 13.8. The number of hydrogen-bond acceptors (Lipinski definition) is 3. The van der Waals surface area contributed by atoms with Crippen LogP contribution in [0.5, 0.6) is 0 Å². The van der Waals surface area contributed by atoms with Crippen molar-refractivity contribution < 1.29 is 8.76 Å². The van der Waals surface area contributed by atoms with Crippen molar-refractivity contribution in [3.8, 4) is 0 Å². The topological polar surface area (TPSA) is 78.2 Å². The van der Waals surface area contributed by atoms with Crippen molar-refractivity contribution in [3.63, 3.8) is 0 Å². The molecule has 0 radical (unpaired) electrons. The summed E-state index contributed by atoms with van der Waals surface area (Å²) >= 11 is -2.29. The number of nitrogens with two attached hydrogens (primary N) is 1. The summed E-state index contributed by atoms with van der Waals surface area (Å²) in [5, 5.41) is 0. The van der Waals surface area contributed by atoms with Gasteiger partial charge >= 0.3 is 0 Å². The third-order valence-corrected chi connectivity index (χ3v) is 3.45. The van der Waals surface area contributed by atoms with E-state index >= 15 is 0 Å². The fourth-order valence-corrected chi connectivity index (χ4v) is 2.24. The molecule has 2 atom stereocenters. The van der Waals surface area contributed by atoms with Crippen molar-refractivity contribution in [1.82, 2.24) is 0 Å². The van der Waals surface area contributed by atoms with Gasteiger partial charge in [0.05, 0.1) is 0 Å². The minimum absolute atomic E-state index is 0.229. The van der Waals surface area contributed by atoms with E-state index in [1.54, 1.807) is 12.1 Å². The molecule has 2 unspecified atom stereocenters. The molecule has 0 aliphatic heterocycles. The maximum atomic E-state index is 10.5. The number of nitrogens with one attached hydrogen (secondary N) is 1. The average molecular weight is 275 g/mol. The largest absolute Gasteiger partial charge is 0.755 e. The molecule has 2 aromatic rings. The molecule has 5 heteroatoms. The number of rotatable bonds is 4. The summed E-state index contributed by atoms with van der Waals surface area (Å²) in [6.07, 6.45) is 0. The lowest BCUT2D eigenvalue weighted by molar-refractivity contribution is 0.542. The molecule has 0 saturated carbocycles. The highest BCUT2D eigenvalue weighted by atomic mass is 32.2. The lowest BCUT2D eigenvalue weighted by Gasteiger charge is -2.14. The van der Waals surface area contributed by atoms with Gasteiger partial charge < -0.3 is 15.0 Å². The molecule has 0 spiro atoms. The second-order valence-electron chi connectivity index (χ2n) is 4.35. The highest BCUT2D eigenvalue weighted by Crippen LogP contribution is 2.25. The predicted octanol–water partition coefficient (Wildman–Crippen LogP) is 2.63. The van der Waals surface area contributed by atoms with E-state index in [0.29, 0.717) is 5.69 Å². The van der Waals surface area contributed by atoms with Crippen molar-refractivity contribution in [1.29, 1.82) is 0 Å². The minimum Gasteiger partial charge on any atom is -0.755 e. The summed E-state index contributed by atoms with van der Waals surface area (Å²) in [5.74, 6) is 0.229. The first-order chi connectivity index (χ1) is 9.06. The van der Waals surface area contributed by atoms with Crippen LogP contribution in [-0.2, 0) is 11.3 Å². The van der Waals surface area contributed by atoms with E-state index in [-0.39, 0.29) is 5.92 Å². The Morgan fingerprint density at radius 1 is 1.05 bits per heavy atom. The van der Waals surface area contributed by atoms with Crippen molar-refractivity contribution in [2.75, 3.05) is 10.5 Å². The summed E-state index contributed by atoms with van der Waals surface area (Å²) < 4.78 is 23.4. The van der Waals surface area contributed by atoms with Crippen LogP contribution in [0.4, 0.5) is 11.4 Å². The van der Waals surface area contributed by atoms with Crippen LogP contribution in [0.3, 0.4) is 0 Å². The Hall–Kier alpha value is -1.85. The fourth-order valence-electron chi connectivity index (χ4n) is 1.91. The third kappa shape index (κ3) is 3.56. The summed E-state index contributed by atoms with van der Waals surface area (Å²) in [7, 11) is 0. The molecule has 0 saturated heterocycles. The first-order valence-corrected chi connectivity index (χ1v) is 6.95. The number of benzene rings is 2. The van der Waals surface area contributed by atoms with Gasteiger partial charge in [-0.15, -0.1) is 0 Å². The molecule has 0 bridgehead atoms. The maximum absolute atomic E-state index is 10.5. The fraction of sp³-hybridized carbons (Fsp3) is 0.143. The van der Waals surface area contributed by atoms with Gasteiger partial charge in [-0.2, -0.15) is 0 Å². The van der Waals surface area contributed by atoms with E-state index in [1.807, 2.05) is 36.4 Å². The van der Waals surface area contributed by atoms with E-state index in [9.17, 15) is 8.76 Å². The summed E-state index contributed by atoms with van der Waals surface area (Å²) in [4.78, 5) is 0. The highest BCUT2D eigenvalue weighted by molar-refractivity contribution is 7.80. The van der Waals surface area contributed by atoms with Gasteiger partial charge in [-0.25, -0.2) is 0 Å². The van der Waals surface area contributed by atoms with Crippen LogP contribution in [0.2, 0.25) is 0 Å². The molecule has 0 aliphatic rings. The van der Waals surface area contributed by atoms with Gasteiger partial charge in [-0.3, -0.25) is 4.21 Å². The lowest BCUT2D eigenvalue weighted by atomic mass is 9.93. The molecule has 0 heterocycles. The number of hydrogen-bond donors (Lipinski definition) is 2. The zero-order valence-corrected chi connectivity index (χ0v) is 11.3. The Morgan fingerprint density at radius 3 is 2.00 bits per heavy atom. The van der Waals surface area contributed by atoms with Gasteiger partial charge in [0.2, 0.25) is 0 Å². The van der Waals surface area contributed by atoms with Crippen LogP contribution in [0.15, 0.2) is 48.5 Å². The van der Waals surface area contributed by atoms with Gasteiger partial charge in [0.1, 0.15) is 0 Å². The molecule has 4 nitrogen and oxygen atoms in total. The van der Waals surface area contributed by atoms with Crippen molar-refractivity contribution in [3.05, 3.63) is 59.7 Å². The van der Waals surface area contributed by atoms with Crippen LogP contribution in [0, 0.1) is 0 Å². The van der Waals surface area contributed by atoms with Gasteiger partial charge in [0, 0.05) is 28.6 Å². The monoisotopic (exact) mass is 275 g/mol. The van der Waals surface area contributed by atoms with E-state index in [4.69, 9.17) is 5.73 Å². The van der Waals surface area contributed by atoms with E-state index in [2.05, 4.69) is 11.6 Å². The molecular formula is C14H15N2O2S-. The minimum atomic E-state index is -2.29. The standard InChI is InChI=1S/C14H16N2O2S/c1-10(11-2-6-13(15)7-3-11)12-4-8-14(9-5-12)16-19(17)18/h2-10,16H,15H2,1H3,(H,17,18)/p-1. The summed E-state index contributed by atoms with van der Waals surface area (Å²) in [6.45, 7) is 2.10. The van der Waals surface area contributed by atoms with Crippen LogP contribution in [0.25, 0.3) is 0 Å².